The largest absolute Gasteiger partial charge is 0.463 e. The van der Waals surface area contributed by atoms with E-state index in [1.165, 1.54) is 0 Å². The number of hydrogen-bond acceptors (Lipinski definition) is 7. The third kappa shape index (κ3) is 11.9. The molecule has 2 rings (SSSR count). The SMILES string of the molecule is O=C(Cc1ccc(N(CCCl)CCCl)cc1)OCC(O)COC(=O)Cc1ccc(N(CCCl)CCCl)cc1. The molecule has 7 nitrogen and oxygen atoms in total. The minimum absolute atomic E-state index is 0.0566. The highest BCUT2D eigenvalue weighted by Crippen LogP contribution is 2.17. The van der Waals surface area contributed by atoms with E-state index in [4.69, 9.17) is 55.9 Å². The second-order valence-electron chi connectivity index (χ2n) is 8.44. The van der Waals surface area contributed by atoms with Crippen LogP contribution in [0.1, 0.15) is 11.1 Å². The van der Waals surface area contributed by atoms with E-state index in [0.717, 1.165) is 22.5 Å². The molecule has 0 heterocycles. The Hall–Kier alpha value is -1.90. The molecule has 210 valence electrons. The lowest BCUT2D eigenvalue weighted by atomic mass is 10.1. The Kier molecular flexibility index (Phi) is 15.6. The maximum atomic E-state index is 12.2. The highest BCUT2D eigenvalue weighted by Gasteiger charge is 2.14. The lowest BCUT2D eigenvalue weighted by Crippen LogP contribution is -2.27. The van der Waals surface area contributed by atoms with E-state index < -0.39 is 18.0 Å². The van der Waals surface area contributed by atoms with Gasteiger partial charge in [-0.2, -0.15) is 0 Å². The lowest BCUT2D eigenvalue weighted by Gasteiger charge is -2.23. The Morgan fingerprint density at radius 1 is 0.632 bits per heavy atom. The summed E-state index contributed by atoms with van der Waals surface area (Å²) in [6.45, 7) is 2.16. The van der Waals surface area contributed by atoms with Gasteiger partial charge in [0, 0.05) is 61.1 Å². The topological polar surface area (TPSA) is 79.3 Å². The fourth-order valence-electron chi connectivity index (χ4n) is 3.66. The van der Waals surface area contributed by atoms with Crippen molar-refractivity contribution < 1.29 is 24.2 Å². The minimum atomic E-state index is -1.12. The van der Waals surface area contributed by atoms with Gasteiger partial charge in [0.1, 0.15) is 19.3 Å². The number of rotatable bonds is 18. The fourth-order valence-corrected chi connectivity index (χ4v) is 4.48. The van der Waals surface area contributed by atoms with Gasteiger partial charge in [-0.15, -0.1) is 46.4 Å². The van der Waals surface area contributed by atoms with Gasteiger partial charge in [0.25, 0.3) is 0 Å². The van der Waals surface area contributed by atoms with Crippen LogP contribution in [0.3, 0.4) is 0 Å². The van der Waals surface area contributed by atoms with Gasteiger partial charge in [0.2, 0.25) is 0 Å². The van der Waals surface area contributed by atoms with Crippen LogP contribution >= 0.6 is 46.4 Å². The number of halogens is 4. The number of benzene rings is 2. The number of carbonyl (C=O) groups excluding carboxylic acids is 2. The van der Waals surface area contributed by atoms with Gasteiger partial charge in [-0.25, -0.2) is 0 Å². The van der Waals surface area contributed by atoms with E-state index in [1.807, 2.05) is 48.5 Å². The summed E-state index contributed by atoms with van der Waals surface area (Å²) in [7, 11) is 0. The van der Waals surface area contributed by atoms with Crippen molar-refractivity contribution in [2.24, 2.45) is 0 Å². The molecular formula is C27H34Cl4N2O5. The zero-order chi connectivity index (χ0) is 27.8. The van der Waals surface area contributed by atoms with Gasteiger partial charge in [-0.05, 0) is 35.4 Å². The summed E-state index contributed by atoms with van der Waals surface area (Å²) >= 11 is 23.4. The van der Waals surface area contributed by atoms with Crippen LogP contribution in [0, 0.1) is 0 Å². The molecule has 2 aromatic rings. The summed E-state index contributed by atoms with van der Waals surface area (Å²) in [5.74, 6) is 0.968. The van der Waals surface area contributed by atoms with Crippen LogP contribution in [-0.2, 0) is 31.9 Å². The lowest BCUT2D eigenvalue weighted by molar-refractivity contribution is -0.151. The van der Waals surface area contributed by atoms with Crippen LogP contribution in [0.5, 0.6) is 0 Å². The molecule has 0 atom stereocenters. The molecule has 0 unspecified atom stereocenters. The number of alkyl halides is 4. The summed E-state index contributed by atoms with van der Waals surface area (Å²) in [5.41, 5.74) is 3.49. The van der Waals surface area contributed by atoms with Gasteiger partial charge in [0.05, 0.1) is 12.8 Å². The van der Waals surface area contributed by atoms with Crippen molar-refractivity contribution in [3.63, 3.8) is 0 Å². The maximum absolute atomic E-state index is 12.2. The van der Waals surface area contributed by atoms with Crippen molar-refractivity contribution in [3.05, 3.63) is 59.7 Å². The first-order valence-electron chi connectivity index (χ1n) is 12.3. The van der Waals surface area contributed by atoms with Gasteiger partial charge in [0.15, 0.2) is 0 Å². The van der Waals surface area contributed by atoms with Crippen LogP contribution in [0.25, 0.3) is 0 Å². The number of carbonyl (C=O) groups is 2. The molecule has 0 aliphatic carbocycles. The second kappa shape index (κ2) is 18.4. The predicted octanol–water partition coefficient (Wildman–Crippen LogP) is 4.49. The molecule has 0 aliphatic heterocycles. The van der Waals surface area contributed by atoms with Crippen molar-refractivity contribution in [1.82, 2.24) is 0 Å². The van der Waals surface area contributed by atoms with Crippen LogP contribution < -0.4 is 9.80 Å². The minimum Gasteiger partial charge on any atom is -0.463 e. The third-order valence-electron chi connectivity index (χ3n) is 5.59. The average molecular weight is 608 g/mol. The smallest absolute Gasteiger partial charge is 0.310 e. The van der Waals surface area contributed by atoms with Gasteiger partial charge >= 0.3 is 11.9 Å². The zero-order valence-corrected chi connectivity index (χ0v) is 24.2. The average Bonchev–Trinajstić information content (AvgIpc) is 2.91. The monoisotopic (exact) mass is 606 g/mol. The standard InChI is InChI=1S/C27H34Cl4N2O5/c28-9-13-32(14-10-29)23-5-1-21(2-6-23)17-26(35)37-19-25(34)20-38-27(36)18-22-3-7-24(8-4-22)33(15-11-30)16-12-31/h1-8,25,34H,9-20H2. The van der Waals surface area contributed by atoms with Crippen molar-refractivity contribution in [2.45, 2.75) is 18.9 Å². The van der Waals surface area contributed by atoms with Crippen molar-refractivity contribution in [2.75, 3.05) is 72.7 Å². The summed E-state index contributed by atoms with van der Waals surface area (Å²) in [6, 6.07) is 15.0. The normalized spacial score (nSPS) is 10.9. The van der Waals surface area contributed by atoms with E-state index in [1.54, 1.807) is 0 Å². The van der Waals surface area contributed by atoms with Crippen molar-refractivity contribution in [1.29, 1.82) is 0 Å². The predicted molar refractivity (Wildman–Crippen MR) is 156 cm³/mol. The van der Waals surface area contributed by atoms with Gasteiger partial charge in [-0.3, -0.25) is 9.59 Å². The molecule has 0 bridgehead atoms. The van der Waals surface area contributed by atoms with Gasteiger partial charge in [-0.1, -0.05) is 24.3 Å². The molecule has 0 radical (unpaired) electrons. The molecule has 1 N–H and O–H groups in total. The Bertz CT molecular complexity index is 873. The number of anilines is 2. The van der Waals surface area contributed by atoms with Crippen LogP contribution in [0.4, 0.5) is 11.4 Å². The Morgan fingerprint density at radius 2 is 0.947 bits per heavy atom. The third-order valence-corrected chi connectivity index (χ3v) is 6.27. The molecule has 0 aromatic heterocycles. The first-order chi connectivity index (χ1) is 18.4. The number of esters is 2. The number of aliphatic hydroxyl groups is 1. The first kappa shape index (κ1) is 32.3. The first-order valence-corrected chi connectivity index (χ1v) is 14.4. The van der Waals surface area contributed by atoms with Crippen LogP contribution in [0.2, 0.25) is 0 Å². The number of nitrogens with zero attached hydrogens (tertiary/aromatic N) is 2. The number of hydrogen-bond donors (Lipinski definition) is 1. The van der Waals surface area contributed by atoms with Gasteiger partial charge < -0.3 is 24.4 Å². The quantitative estimate of drug-likeness (QED) is 0.198. The highest BCUT2D eigenvalue weighted by atomic mass is 35.5. The summed E-state index contributed by atoms with van der Waals surface area (Å²) in [5, 5.41) is 10.1. The van der Waals surface area contributed by atoms with E-state index in [2.05, 4.69) is 9.80 Å². The molecule has 0 spiro atoms. The Morgan fingerprint density at radius 3 is 1.24 bits per heavy atom. The number of aliphatic hydroxyl groups excluding tert-OH is 1. The summed E-state index contributed by atoms with van der Waals surface area (Å²) in [4.78, 5) is 28.5. The van der Waals surface area contributed by atoms with E-state index in [0.29, 0.717) is 49.7 Å². The second-order valence-corrected chi connectivity index (χ2v) is 9.95. The molecule has 0 saturated heterocycles. The maximum Gasteiger partial charge on any atom is 0.310 e. The van der Waals surface area contributed by atoms with Crippen LogP contribution in [0.15, 0.2) is 48.5 Å². The Balaban J connectivity index is 1.72. The molecule has 11 heteroatoms. The Labute approximate surface area is 244 Å². The van der Waals surface area contributed by atoms with Crippen LogP contribution in [-0.4, -0.2) is 86.1 Å². The molecular weight excluding hydrogens is 574 g/mol. The van der Waals surface area contributed by atoms with E-state index in [9.17, 15) is 14.7 Å². The summed E-state index contributed by atoms with van der Waals surface area (Å²) in [6.07, 6.45) is -1.01. The van der Waals surface area contributed by atoms with Crippen molar-refractivity contribution >= 4 is 69.7 Å². The fraction of sp³-hybridized carbons (Fsp3) is 0.481. The van der Waals surface area contributed by atoms with E-state index in [-0.39, 0.29) is 26.1 Å². The molecule has 38 heavy (non-hydrogen) atoms. The molecule has 0 fully saturated rings. The molecule has 0 amide bonds. The zero-order valence-electron chi connectivity index (χ0n) is 21.2. The van der Waals surface area contributed by atoms with Crippen molar-refractivity contribution in [3.8, 4) is 0 Å². The molecule has 2 aromatic carbocycles. The van der Waals surface area contributed by atoms with E-state index >= 15 is 0 Å². The number of ether oxygens (including phenoxy) is 2. The highest BCUT2D eigenvalue weighted by molar-refractivity contribution is 6.19. The molecule has 0 saturated carbocycles. The molecule has 0 aliphatic rings. The summed E-state index contributed by atoms with van der Waals surface area (Å²) < 4.78 is 10.3.